The van der Waals surface area contributed by atoms with E-state index in [-0.39, 0.29) is 10.8 Å². The standard InChI is InChI=1S/C36H37N3/c1-35(2)28-15-9-11-17-30(28)37-32(35)21-19-26-23-39(5)24-27(34(26)25-13-7-6-8-14-25)20-22-33-36(3,4)29-16-10-12-18-31(29)38-33/h6-22,37H,23-24H2,1-5H3/b22-20+,26-19+,32-21+. The highest BCUT2D eigenvalue weighted by Crippen LogP contribution is 2.44. The lowest BCUT2D eigenvalue weighted by Gasteiger charge is -2.30. The van der Waals surface area contributed by atoms with Crippen molar-refractivity contribution >= 4 is 22.7 Å². The van der Waals surface area contributed by atoms with Crippen molar-refractivity contribution in [2.75, 3.05) is 25.5 Å². The van der Waals surface area contributed by atoms with Gasteiger partial charge in [0.05, 0.1) is 11.4 Å². The Labute approximate surface area is 233 Å². The Morgan fingerprint density at radius 3 is 2.18 bits per heavy atom. The molecule has 0 bridgehead atoms. The quantitative estimate of drug-likeness (QED) is 0.382. The van der Waals surface area contributed by atoms with Crippen molar-refractivity contribution in [3.05, 3.63) is 137 Å². The van der Waals surface area contributed by atoms with Gasteiger partial charge in [-0.1, -0.05) is 107 Å². The van der Waals surface area contributed by atoms with Crippen LogP contribution >= 0.6 is 0 Å². The minimum Gasteiger partial charge on any atom is -0.358 e. The fourth-order valence-electron chi connectivity index (χ4n) is 6.20. The summed E-state index contributed by atoms with van der Waals surface area (Å²) in [7, 11) is 2.21. The first kappa shape index (κ1) is 25.3. The topological polar surface area (TPSA) is 27.6 Å². The van der Waals surface area contributed by atoms with Gasteiger partial charge in [0.1, 0.15) is 0 Å². The third-order valence-corrected chi connectivity index (χ3v) is 8.48. The number of likely N-dealkylation sites (N-methyl/N-ethyl adjacent to an activating group) is 1. The van der Waals surface area contributed by atoms with E-state index in [1.165, 1.54) is 44.8 Å². The van der Waals surface area contributed by atoms with E-state index in [1.54, 1.807) is 0 Å². The number of aliphatic imine (C=N–C) groups is 1. The first-order valence-electron chi connectivity index (χ1n) is 13.9. The predicted octanol–water partition coefficient (Wildman–Crippen LogP) is 8.22. The van der Waals surface area contributed by atoms with Gasteiger partial charge >= 0.3 is 0 Å². The molecule has 3 nitrogen and oxygen atoms in total. The lowest BCUT2D eigenvalue weighted by Crippen LogP contribution is -2.29. The Kier molecular flexibility index (Phi) is 6.28. The molecular formula is C36H37N3. The van der Waals surface area contributed by atoms with E-state index in [0.717, 1.165) is 24.5 Å². The fourth-order valence-corrected chi connectivity index (χ4v) is 6.20. The molecule has 0 saturated heterocycles. The van der Waals surface area contributed by atoms with Crippen LogP contribution in [0.15, 0.2) is 125 Å². The SMILES string of the molecule is CN1CC(/C=C/C2=Nc3ccccc3C2(C)C)=C(c2ccccc2)C(=C/C=C2/Nc3ccccc3C2(C)C)/C1. The zero-order valence-electron chi connectivity index (χ0n) is 23.6. The number of hydrogen-bond acceptors (Lipinski definition) is 3. The van der Waals surface area contributed by atoms with Crippen LogP contribution in [0.5, 0.6) is 0 Å². The number of nitrogens with one attached hydrogen (secondary N) is 1. The van der Waals surface area contributed by atoms with Crippen molar-refractivity contribution in [1.82, 2.24) is 4.90 Å². The Bertz CT molecular complexity index is 1580. The van der Waals surface area contributed by atoms with Gasteiger partial charge in [-0.3, -0.25) is 9.89 Å². The van der Waals surface area contributed by atoms with Crippen LogP contribution in [0.3, 0.4) is 0 Å². The molecular weight excluding hydrogens is 474 g/mol. The van der Waals surface area contributed by atoms with Gasteiger partial charge in [0.15, 0.2) is 0 Å². The van der Waals surface area contributed by atoms with E-state index in [9.17, 15) is 0 Å². The summed E-state index contributed by atoms with van der Waals surface area (Å²) in [4.78, 5) is 7.41. The Morgan fingerprint density at radius 1 is 0.744 bits per heavy atom. The van der Waals surface area contributed by atoms with Gasteiger partial charge < -0.3 is 5.32 Å². The molecule has 3 heteroatoms. The number of nitrogens with zero attached hydrogens (tertiary/aromatic N) is 2. The molecule has 0 unspecified atom stereocenters. The molecule has 0 radical (unpaired) electrons. The van der Waals surface area contributed by atoms with Crippen molar-refractivity contribution in [3.8, 4) is 0 Å². The Morgan fingerprint density at radius 2 is 1.44 bits per heavy atom. The summed E-state index contributed by atoms with van der Waals surface area (Å²) in [5.74, 6) is 0. The van der Waals surface area contributed by atoms with E-state index in [4.69, 9.17) is 4.99 Å². The maximum absolute atomic E-state index is 5.01. The summed E-state index contributed by atoms with van der Waals surface area (Å²) < 4.78 is 0. The zero-order valence-corrected chi connectivity index (χ0v) is 23.6. The largest absolute Gasteiger partial charge is 0.358 e. The van der Waals surface area contributed by atoms with Crippen LogP contribution < -0.4 is 5.32 Å². The molecule has 0 amide bonds. The number of benzene rings is 3. The molecule has 3 aromatic carbocycles. The van der Waals surface area contributed by atoms with Gasteiger partial charge in [0, 0.05) is 35.3 Å². The van der Waals surface area contributed by atoms with Crippen LogP contribution in [0, 0.1) is 0 Å². The van der Waals surface area contributed by atoms with Crippen molar-refractivity contribution in [2.24, 2.45) is 4.99 Å². The maximum atomic E-state index is 5.01. The molecule has 0 fully saturated rings. The van der Waals surface area contributed by atoms with Crippen molar-refractivity contribution in [2.45, 2.75) is 38.5 Å². The minimum atomic E-state index is -0.112. The van der Waals surface area contributed by atoms with E-state index in [0.29, 0.717) is 0 Å². The number of rotatable bonds is 4. The second-order valence-corrected chi connectivity index (χ2v) is 12.0. The monoisotopic (exact) mass is 511 g/mol. The highest BCUT2D eigenvalue weighted by atomic mass is 15.1. The van der Waals surface area contributed by atoms with Crippen molar-refractivity contribution < 1.29 is 0 Å². The molecule has 3 aliphatic heterocycles. The summed E-state index contributed by atoms with van der Waals surface area (Å²) in [5, 5.41) is 3.68. The molecule has 3 aliphatic rings. The highest BCUT2D eigenvalue weighted by Gasteiger charge is 2.35. The summed E-state index contributed by atoms with van der Waals surface area (Å²) >= 11 is 0. The van der Waals surface area contributed by atoms with Crippen LogP contribution in [0.25, 0.3) is 5.57 Å². The third-order valence-electron chi connectivity index (χ3n) is 8.48. The zero-order chi connectivity index (χ0) is 27.2. The second-order valence-electron chi connectivity index (χ2n) is 12.0. The molecule has 0 saturated carbocycles. The number of fused-ring (bicyclic) bond motifs is 2. The normalized spacial score (nSPS) is 21.8. The average Bonchev–Trinajstić information content (AvgIpc) is 3.34. The fraction of sp³-hybridized carbons (Fsp3) is 0.250. The molecule has 0 spiro atoms. The van der Waals surface area contributed by atoms with Crippen LogP contribution in [-0.2, 0) is 10.8 Å². The lowest BCUT2D eigenvalue weighted by molar-refractivity contribution is 0.392. The summed E-state index contributed by atoms with van der Waals surface area (Å²) in [6, 6.07) is 28.0. The van der Waals surface area contributed by atoms with Gasteiger partial charge in [0.25, 0.3) is 0 Å². The maximum Gasteiger partial charge on any atom is 0.0674 e. The smallest absolute Gasteiger partial charge is 0.0674 e. The number of hydrogen-bond donors (Lipinski definition) is 1. The number of allylic oxidation sites excluding steroid dienone is 4. The summed E-state index contributed by atoms with van der Waals surface area (Å²) in [6.45, 7) is 10.9. The molecule has 196 valence electrons. The molecule has 39 heavy (non-hydrogen) atoms. The molecule has 0 aromatic heterocycles. The molecule has 3 aromatic rings. The summed E-state index contributed by atoms with van der Waals surface area (Å²) in [6.07, 6.45) is 9.17. The first-order chi connectivity index (χ1) is 18.7. The van der Waals surface area contributed by atoms with E-state index < -0.39 is 0 Å². The van der Waals surface area contributed by atoms with E-state index in [2.05, 4.69) is 148 Å². The van der Waals surface area contributed by atoms with Crippen LogP contribution in [0.4, 0.5) is 11.4 Å². The highest BCUT2D eigenvalue weighted by molar-refractivity contribution is 6.08. The second kappa shape index (κ2) is 9.66. The average molecular weight is 512 g/mol. The van der Waals surface area contributed by atoms with Gasteiger partial charge in [0.2, 0.25) is 0 Å². The van der Waals surface area contributed by atoms with Crippen LogP contribution in [-0.4, -0.2) is 30.7 Å². The number of para-hydroxylation sites is 2. The van der Waals surface area contributed by atoms with E-state index >= 15 is 0 Å². The Hall–Kier alpha value is -3.95. The van der Waals surface area contributed by atoms with Crippen LogP contribution in [0.1, 0.15) is 44.4 Å². The van der Waals surface area contributed by atoms with E-state index in [1.807, 2.05) is 0 Å². The lowest BCUT2D eigenvalue weighted by atomic mass is 9.81. The van der Waals surface area contributed by atoms with Crippen LogP contribution in [0.2, 0.25) is 0 Å². The molecule has 1 N–H and O–H groups in total. The van der Waals surface area contributed by atoms with Gasteiger partial charge in [-0.25, -0.2) is 0 Å². The third kappa shape index (κ3) is 4.51. The minimum absolute atomic E-state index is 0.0607. The molecule has 6 rings (SSSR count). The molecule has 0 aliphatic carbocycles. The van der Waals surface area contributed by atoms with Crippen molar-refractivity contribution in [1.29, 1.82) is 0 Å². The molecule has 0 atom stereocenters. The Balaban J connectivity index is 1.42. The van der Waals surface area contributed by atoms with Gasteiger partial charge in [-0.15, -0.1) is 0 Å². The first-order valence-corrected chi connectivity index (χ1v) is 13.9. The van der Waals surface area contributed by atoms with Gasteiger partial charge in [-0.2, -0.15) is 0 Å². The van der Waals surface area contributed by atoms with Crippen molar-refractivity contribution in [3.63, 3.8) is 0 Å². The number of anilines is 1. The molecule has 3 heterocycles. The van der Waals surface area contributed by atoms with Gasteiger partial charge in [-0.05, 0) is 64.7 Å². The summed E-state index contributed by atoms with van der Waals surface area (Å²) in [5.41, 5.74) is 12.3. The predicted molar refractivity (Wildman–Crippen MR) is 166 cm³/mol.